The highest BCUT2D eigenvalue weighted by Crippen LogP contribution is 2.25. The Morgan fingerprint density at radius 3 is 2.48 bits per heavy atom. The van der Waals surface area contributed by atoms with Crippen LogP contribution in [0.4, 0.5) is 0 Å². The average Bonchev–Trinajstić information content (AvgIpc) is 2.60. The maximum atomic E-state index is 12.1. The lowest BCUT2D eigenvalue weighted by atomic mass is 10.2. The van der Waals surface area contributed by atoms with Gasteiger partial charge in [0.2, 0.25) is 0 Å². The van der Waals surface area contributed by atoms with Gasteiger partial charge < -0.3 is 4.74 Å². The van der Waals surface area contributed by atoms with Gasteiger partial charge in [0.1, 0.15) is 5.75 Å². The van der Waals surface area contributed by atoms with Crippen LogP contribution in [0.2, 0.25) is 5.02 Å². The van der Waals surface area contributed by atoms with E-state index in [4.69, 9.17) is 28.6 Å². The molecule has 0 aliphatic carbocycles. The first kappa shape index (κ1) is 19.2. The molecule has 0 aliphatic rings. The zero-order valence-electron chi connectivity index (χ0n) is 12.9. The molecule has 130 valence electrons. The van der Waals surface area contributed by atoms with Crippen LogP contribution < -0.4 is 20.9 Å². The molecular weight excluding hydrogens is 430 g/mol. The van der Waals surface area contributed by atoms with Crippen LogP contribution in [-0.4, -0.2) is 24.0 Å². The number of hydrazine groups is 1. The number of methoxy groups -OCH3 is 1. The summed E-state index contributed by atoms with van der Waals surface area (Å²) < 4.78 is 5.74. The van der Waals surface area contributed by atoms with E-state index >= 15 is 0 Å². The first-order valence-electron chi connectivity index (χ1n) is 6.92. The summed E-state index contributed by atoms with van der Waals surface area (Å²) in [6.45, 7) is 0. The van der Waals surface area contributed by atoms with Crippen molar-refractivity contribution in [2.75, 3.05) is 7.11 Å². The third-order valence-electron chi connectivity index (χ3n) is 3.05. The monoisotopic (exact) mass is 441 g/mol. The lowest BCUT2D eigenvalue weighted by molar-refractivity contribution is 0.0934. The zero-order valence-corrected chi connectivity index (χ0v) is 16.1. The van der Waals surface area contributed by atoms with Crippen molar-refractivity contribution in [1.82, 2.24) is 16.2 Å². The SMILES string of the molecule is COc1ccc(C(=O)NC(=S)NNC(=O)c2ccccc2Cl)cc1Br. The summed E-state index contributed by atoms with van der Waals surface area (Å²) in [4.78, 5) is 24.1. The number of rotatable bonds is 3. The Hall–Kier alpha value is -2.16. The Labute approximate surface area is 163 Å². The Morgan fingerprint density at radius 1 is 1.12 bits per heavy atom. The molecule has 0 spiro atoms. The molecular formula is C16H13BrClN3O3S. The second-order valence-corrected chi connectivity index (χ2v) is 6.36. The van der Waals surface area contributed by atoms with Crippen LogP contribution in [0.15, 0.2) is 46.9 Å². The van der Waals surface area contributed by atoms with E-state index in [9.17, 15) is 9.59 Å². The number of nitrogens with one attached hydrogen (secondary N) is 3. The first-order chi connectivity index (χ1) is 11.9. The molecule has 0 unspecified atom stereocenters. The minimum Gasteiger partial charge on any atom is -0.496 e. The summed E-state index contributed by atoms with van der Waals surface area (Å²) in [6, 6.07) is 11.4. The van der Waals surface area contributed by atoms with Gasteiger partial charge in [-0.2, -0.15) is 0 Å². The zero-order chi connectivity index (χ0) is 18.4. The van der Waals surface area contributed by atoms with Crippen LogP contribution in [0.3, 0.4) is 0 Å². The van der Waals surface area contributed by atoms with E-state index < -0.39 is 11.8 Å². The Balaban J connectivity index is 1.92. The van der Waals surface area contributed by atoms with Crippen LogP contribution >= 0.6 is 39.7 Å². The normalized spacial score (nSPS) is 9.88. The number of hydrogen-bond donors (Lipinski definition) is 3. The third kappa shape index (κ3) is 5.15. The summed E-state index contributed by atoms with van der Waals surface area (Å²) >= 11 is 14.2. The lowest BCUT2D eigenvalue weighted by Gasteiger charge is -2.12. The number of amides is 2. The quantitative estimate of drug-likeness (QED) is 0.503. The third-order valence-corrected chi connectivity index (χ3v) is 4.20. The van der Waals surface area contributed by atoms with Gasteiger partial charge in [-0.3, -0.25) is 25.8 Å². The maximum Gasteiger partial charge on any atom is 0.271 e. The van der Waals surface area contributed by atoms with E-state index in [1.165, 1.54) is 7.11 Å². The van der Waals surface area contributed by atoms with Gasteiger partial charge in [0.05, 0.1) is 22.2 Å². The molecule has 0 fully saturated rings. The van der Waals surface area contributed by atoms with Crippen molar-refractivity contribution in [3.8, 4) is 5.75 Å². The van der Waals surface area contributed by atoms with Crippen molar-refractivity contribution < 1.29 is 14.3 Å². The first-order valence-corrected chi connectivity index (χ1v) is 8.50. The number of halogens is 2. The minimum atomic E-state index is -0.477. The fourth-order valence-electron chi connectivity index (χ4n) is 1.84. The molecule has 2 amide bonds. The predicted molar refractivity (Wildman–Crippen MR) is 103 cm³/mol. The standard InChI is InChI=1S/C16H13BrClN3O3S/c1-24-13-7-6-9(8-11(13)17)14(22)19-16(25)21-20-15(23)10-4-2-3-5-12(10)18/h2-8H,1H3,(H,20,23)(H2,19,21,22,25). The summed E-state index contributed by atoms with van der Waals surface area (Å²) in [5.74, 6) is -0.313. The van der Waals surface area contributed by atoms with Crippen molar-refractivity contribution >= 4 is 56.7 Å². The molecule has 0 heterocycles. The van der Waals surface area contributed by atoms with Crippen molar-refractivity contribution in [2.24, 2.45) is 0 Å². The molecule has 0 bridgehead atoms. The molecule has 2 aromatic rings. The van der Waals surface area contributed by atoms with Gasteiger partial charge in [0.15, 0.2) is 5.11 Å². The highest BCUT2D eigenvalue weighted by Gasteiger charge is 2.12. The second kappa shape index (κ2) is 8.80. The van der Waals surface area contributed by atoms with Gasteiger partial charge in [-0.1, -0.05) is 23.7 Å². The molecule has 25 heavy (non-hydrogen) atoms. The molecule has 0 saturated heterocycles. The van der Waals surface area contributed by atoms with Crippen LogP contribution in [0.5, 0.6) is 5.75 Å². The van der Waals surface area contributed by atoms with Crippen LogP contribution in [0.1, 0.15) is 20.7 Å². The smallest absolute Gasteiger partial charge is 0.271 e. The fourth-order valence-corrected chi connectivity index (χ4v) is 2.75. The number of carbonyl (C=O) groups excluding carboxylic acids is 2. The van der Waals surface area contributed by atoms with Gasteiger partial charge in [-0.05, 0) is 58.5 Å². The topological polar surface area (TPSA) is 79.5 Å². The Bertz CT molecular complexity index is 832. The molecule has 0 atom stereocenters. The lowest BCUT2D eigenvalue weighted by Crippen LogP contribution is -2.48. The Morgan fingerprint density at radius 2 is 1.84 bits per heavy atom. The average molecular weight is 443 g/mol. The van der Waals surface area contributed by atoms with Gasteiger partial charge in [-0.15, -0.1) is 0 Å². The van der Waals surface area contributed by atoms with Crippen molar-refractivity contribution in [3.63, 3.8) is 0 Å². The summed E-state index contributed by atoms with van der Waals surface area (Å²) in [5, 5.41) is 2.70. The van der Waals surface area contributed by atoms with E-state index in [1.54, 1.807) is 42.5 Å². The van der Waals surface area contributed by atoms with Crippen molar-refractivity contribution in [2.45, 2.75) is 0 Å². The van der Waals surface area contributed by atoms with Gasteiger partial charge in [-0.25, -0.2) is 0 Å². The predicted octanol–water partition coefficient (Wildman–Crippen LogP) is 3.06. The molecule has 0 aromatic heterocycles. The van der Waals surface area contributed by atoms with Gasteiger partial charge in [0, 0.05) is 5.56 Å². The molecule has 3 N–H and O–H groups in total. The van der Waals surface area contributed by atoms with Crippen LogP contribution in [0, 0.1) is 0 Å². The second-order valence-electron chi connectivity index (χ2n) is 4.69. The van der Waals surface area contributed by atoms with E-state index in [1.807, 2.05) is 0 Å². The summed E-state index contributed by atoms with van der Waals surface area (Å²) in [7, 11) is 1.53. The molecule has 6 nitrogen and oxygen atoms in total. The van der Waals surface area contributed by atoms with Gasteiger partial charge in [0.25, 0.3) is 11.8 Å². The highest BCUT2D eigenvalue weighted by atomic mass is 79.9. The van der Waals surface area contributed by atoms with E-state index in [0.29, 0.717) is 20.8 Å². The number of benzene rings is 2. The number of hydrogen-bond acceptors (Lipinski definition) is 4. The maximum absolute atomic E-state index is 12.1. The number of carbonyl (C=O) groups is 2. The van der Waals surface area contributed by atoms with Gasteiger partial charge >= 0.3 is 0 Å². The Kier molecular flexibility index (Phi) is 6.74. The van der Waals surface area contributed by atoms with Crippen LogP contribution in [-0.2, 0) is 0 Å². The molecule has 2 aromatic carbocycles. The van der Waals surface area contributed by atoms with E-state index in [-0.39, 0.29) is 10.7 Å². The molecule has 0 aliphatic heterocycles. The molecule has 0 saturated carbocycles. The molecule has 2 rings (SSSR count). The highest BCUT2D eigenvalue weighted by molar-refractivity contribution is 9.10. The molecule has 9 heteroatoms. The van der Waals surface area contributed by atoms with Crippen molar-refractivity contribution in [1.29, 1.82) is 0 Å². The summed E-state index contributed by atoms with van der Waals surface area (Å²) in [5.41, 5.74) is 5.47. The largest absolute Gasteiger partial charge is 0.496 e. The van der Waals surface area contributed by atoms with E-state index in [0.717, 1.165) is 0 Å². The van der Waals surface area contributed by atoms with E-state index in [2.05, 4.69) is 32.1 Å². The molecule has 0 radical (unpaired) electrons. The number of ether oxygens (including phenoxy) is 1. The van der Waals surface area contributed by atoms with Crippen LogP contribution in [0.25, 0.3) is 0 Å². The van der Waals surface area contributed by atoms with Crippen molar-refractivity contribution in [3.05, 3.63) is 63.1 Å². The fraction of sp³-hybridized carbons (Fsp3) is 0.0625. The number of thiocarbonyl (C=S) groups is 1. The summed E-state index contributed by atoms with van der Waals surface area (Å²) in [6.07, 6.45) is 0. The minimum absolute atomic E-state index is 0.0580.